The van der Waals surface area contributed by atoms with Gasteiger partial charge in [0.1, 0.15) is 0 Å². The average molecular weight is 386 g/mol. The van der Waals surface area contributed by atoms with E-state index in [2.05, 4.69) is 10.6 Å². The van der Waals surface area contributed by atoms with Gasteiger partial charge in [-0.3, -0.25) is 9.79 Å². The Hall–Kier alpha value is -2.44. The van der Waals surface area contributed by atoms with E-state index < -0.39 is 0 Å². The first-order valence-electron chi connectivity index (χ1n) is 10.4. The first-order chi connectivity index (χ1) is 13.7. The molecule has 0 bridgehead atoms. The fourth-order valence-electron chi connectivity index (χ4n) is 3.55. The number of anilines is 1. The third-order valence-corrected chi connectivity index (χ3v) is 5.50. The predicted molar refractivity (Wildman–Crippen MR) is 109 cm³/mol. The smallest absolute Gasteiger partial charge is 0.219 e. The van der Waals surface area contributed by atoms with Gasteiger partial charge in [-0.05, 0) is 43.7 Å². The van der Waals surface area contributed by atoms with Crippen LogP contribution in [0.1, 0.15) is 39.0 Å². The Morgan fingerprint density at radius 2 is 1.89 bits per heavy atom. The largest absolute Gasteiger partial charge is 0.490 e. The lowest BCUT2D eigenvalue weighted by molar-refractivity contribution is -0.129. The van der Waals surface area contributed by atoms with Crippen LogP contribution in [0.5, 0.6) is 11.5 Å². The van der Waals surface area contributed by atoms with Crippen LogP contribution in [0.2, 0.25) is 0 Å². The fourth-order valence-corrected chi connectivity index (χ4v) is 3.55. The Labute approximate surface area is 166 Å². The Balaban J connectivity index is 1.41. The molecule has 1 aromatic rings. The van der Waals surface area contributed by atoms with Crippen molar-refractivity contribution in [3.63, 3.8) is 0 Å². The number of ether oxygens (including phenoxy) is 2. The summed E-state index contributed by atoms with van der Waals surface area (Å²) in [6.45, 7) is 5.45. The number of fused-ring (bicyclic) bond motifs is 1. The van der Waals surface area contributed by atoms with Gasteiger partial charge in [0.25, 0.3) is 0 Å². The standard InChI is InChI=1S/C21H30N4O3/c1-15(26)25-9-7-17(8-10-25)23-21(22-14-16-3-4-16)24-18-5-6-19-20(13-18)28-12-2-11-27-19/h5-6,13,16-17H,2-4,7-12,14H2,1H3,(H2,22,23,24). The molecular weight excluding hydrogens is 356 g/mol. The van der Waals surface area contributed by atoms with Crippen LogP contribution in [0.3, 0.4) is 0 Å². The second-order valence-corrected chi connectivity index (χ2v) is 7.89. The fraction of sp³-hybridized carbons (Fsp3) is 0.619. The maximum absolute atomic E-state index is 11.5. The van der Waals surface area contributed by atoms with E-state index in [-0.39, 0.29) is 5.91 Å². The lowest BCUT2D eigenvalue weighted by atomic mass is 10.1. The summed E-state index contributed by atoms with van der Waals surface area (Å²) in [4.78, 5) is 18.3. The number of hydrogen-bond donors (Lipinski definition) is 2. The van der Waals surface area contributed by atoms with Crippen molar-refractivity contribution in [2.24, 2.45) is 10.9 Å². The molecule has 152 valence electrons. The van der Waals surface area contributed by atoms with Gasteiger partial charge in [-0.1, -0.05) is 0 Å². The van der Waals surface area contributed by atoms with Crippen molar-refractivity contribution in [3.05, 3.63) is 18.2 Å². The number of aliphatic imine (C=N–C) groups is 1. The monoisotopic (exact) mass is 386 g/mol. The van der Waals surface area contributed by atoms with Gasteiger partial charge in [0.15, 0.2) is 17.5 Å². The minimum absolute atomic E-state index is 0.159. The van der Waals surface area contributed by atoms with E-state index in [0.29, 0.717) is 19.3 Å². The number of guanidine groups is 1. The second-order valence-electron chi connectivity index (χ2n) is 7.89. The second kappa shape index (κ2) is 8.71. The van der Waals surface area contributed by atoms with Crippen molar-refractivity contribution in [2.75, 3.05) is 38.2 Å². The molecule has 4 rings (SSSR count). The SMILES string of the molecule is CC(=O)N1CCC(NC(=NCC2CC2)Nc2ccc3c(c2)OCCCO3)CC1. The molecule has 1 amide bonds. The number of rotatable bonds is 4. The summed E-state index contributed by atoms with van der Waals surface area (Å²) < 4.78 is 11.5. The first kappa shape index (κ1) is 18.9. The number of nitrogens with zero attached hydrogens (tertiary/aromatic N) is 2. The number of piperidine rings is 1. The van der Waals surface area contributed by atoms with Crippen molar-refractivity contribution in [1.82, 2.24) is 10.2 Å². The van der Waals surface area contributed by atoms with Crippen LogP contribution < -0.4 is 20.1 Å². The summed E-state index contributed by atoms with van der Waals surface area (Å²) in [5.41, 5.74) is 0.937. The van der Waals surface area contributed by atoms with Crippen LogP contribution in [0.15, 0.2) is 23.2 Å². The Kier molecular flexibility index (Phi) is 5.88. The van der Waals surface area contributed by atoms with Crippen LogP contribution in [0.4, 0.5) is 5.69 Å². The molecule has 2 N–H and O–H groups in total. The third kappa shape index (κ3) is 5.09. The predicted octanol–water partition coefficient (Wildman–Crippen LogP) is 2.63. The first-order valence-corrected chi connectivity index (χ1v) is 10.4. The van der Waals surface area contributed by atoms with Crippen molar-refractivity contribution >= 4 is 17.6 Å². The van der Waals surface area contributed by atoms with Crippen LogP contribution in [-0.4, -0.2) is 55.7 Å². The molecule has 7 heteroatoms. The summed E-state index contributed by atoms with van der Waals surface area (Å²) in [5, 5.41) is 7.01. The van der Waals surface area contributed by atoms with Crippen molar-refractivity contribution in [1.29, 1.82) is 0 Å². The molecule has 1 aliphatic carbocycles. The van der Waals surface area contributed by atoms with Gasteiger partial charge in [-0.25, -0.2) is 0 Å². The van der Waals surface area contributed by atoms with Crippen LogP contribution in [-0.2, 0) is 4.79 Å². The lowest BCUT2D eigenvalue weighted by Crippen LogP contribution is -2.47. The zero-order valence-corrected chi connectivity index (χ0v) is 16.6. The van der Waals surface area contributed by atoms with Gasteiger partial charge in [0.05, 0.1) is 13.2 Å². The molecule has 1 saturated heterocycles. The normalized spacial score (nSPS) is 20.5. The number of carbonyl (C=O) groups excluding carboxylic acids is 1. The van der Waals surface area contributed by atoms with E-state index in [1.165, 1.54) is 12.8 Å². The summed E-state index contributed by atoms with van der Waals surface area (Å²) in [7, 11) is 0. The van der Waals surface area contributed by atoms with E-state index in [1.54, 1.807) is 6.92 Å². The molecule has 0 aromatic heterocycles. The number of carbonyl (C=O) groups is 1. The average Bonchev–Trinajstić information content (AvgIpc) is 3.53. The summed E-state index contributed by atoms with van der Waals surface area (Å²) >= 11 is 0. The number of likely N-dealkylation sites (tertiary alicyclic amines) is 1. The van der Waals surface area contributed by atoms with E-state index in [4.69, 9.17) is 14.5 Å². The maximum atomic E-state index is 11.5. The Bertz CT molecular complexity index is 724. The highest BCUT2D eigenvalue weighted by atomic mass is 16.5. The maximum Gasteiger partial charge on any atom is 0.219 e. The summed E-state index contributed by atoms with van der Waals surface area (Å²) in [6.07, 6.45) is 5.32. The lowest BCUT2D eigenvalue weighted by Gasteiger charge is -2.32. The van der Waals surface area contributed by atoms with Crippen molar-refractivity contribution < 1.29 is 14.3 Å². The molecule has 0 atom stereocenters. The molecule has 0 radical (unpaired) electrons. The Morgan fingerprint density at radius 1 is 1.14 bits per heavy atom. The zero-order valence-electron chi connectivity index (χ0n) is 16.6. The Morgan fingerprint density at radius 3 is 2.61 bits per heavy atom. The van der Waals surface area contributed by atoms with Crippen LogP contribution in [0, 0.1) is 5.92 Å². The van der Waals surface area contributed by atoms with E-state index in [9.17, 15) is 4.79 Å². The molecule has 0 unspecified atom stereocenters. The van der Waals surface area contributed by atoms with Gasteiger partial charge in [0.2, 0.25) is 5.91 Å². The topological polar surface area (TPSA) is 75.2 Å². The zero-order chi connectivity index (χ0) is 19.3. The summed E-state index contributed by atoms with van der Waals surface area (Å²) in [5.74, 6) is 3.26. The minimum atomic E-state index is 0.159. The molecule has 2 fully saturated rings. The number of nitrogens with one attached hydrogen (secondary N) is 2. The van der Waals surface area contributed by atoms with Gasteiger partial charge in [-0.15, -0.1) is 0 Å². The van der Waals surface area contributed by atoms with Gasteiger partial charge in [-0.2, -0.15) is 0 Å². The molecule has 1 aromatic carbocycles. The van der Waals surface area contributed by atoms with Crippen molar-refractivity contribution in [2.45, 2.75) is 45.1 Å². The molecule has 0 spiro atoms. The molecule has 28 heavy (non-hydrogen) atoms. The quantitative estimate of drug-likeness (QED) is 0.615. The summed E-state index contributed by atoms with van der Waals surface area (Å²) in [6, 6.07) is 6.25. The highest BCUT2D eigenvalue weighted by Crippen LogP contribution is 2.32. The molecule has 1 saturated carbocycles. The number of benzene rings is 1. The van der Waals surface area contributed by atoms with Crippen LogP contribution in [0.25, 0.3) is 0 Å². The molecule has 2 heterocycles. The molecule has 7 nitrogen and oxygen atoms in total. The highest BCUT2D eigenvalue weighted by Gasteiger charge is 2.23. The molecule has 2 aliphatic heterocycles. The number of amides is 1. The highest BCUT2D eigenvalue weighted by molar-refractivity contribution is 5.94. The molecule has 3 aliphatic rings. The van der Waals surface area contributed by atoms with Crippen molar-refractivity contribution in [3.8, 4) is 11.5 Å². The van der Waals surface area contributed by atoms with E-state index >= 15 is 0 Å². The van der Waals surface area contributed by atoms with E-state index in [0.717, 1.165) is 68.0 Å². The van der Waals surface area contributed by atoms with Gasteiger partial charge < -0.3 is 25.0 Å². The van der Waals surface area contributed by atoms with E-state index in [1.807, 2.05) is 23.1 Å². The number of hydrogen-bond acceptors (Lipinski definition) is 4. The third-order valence-electron chi connectivity index (χ3n) is 5.50. The van der Waals surface area contributed by atoms with Gasteiger partial charge in [0, 0.05) is 50.8 Å². The minimum Gasteiger partial charge on any atom is -0.490 e. The van der Waals surface area contributed by atoms with Crippen LogP contribution >= 0.6 is 0 Å². The molecular formula is C21H30N4O3. The van der Waals surface area contributed by atoms with Gasteiger partial charge >= 0.3 is 0 Å².